The highest BCUT2D eigenvalue weighted by atomic mass is 32.1. The molecule has 3 amide bonds. The summed E-state index contributed by atoms with van der Waals surface area (Å²) in [5.41, 5.74) is 5.15. The lowest BCUT2D eigenvalue weighted by Crippen LogP contribution is -2.40. The average Bonchev–Trinajstić information content (AvgIpc) is 2.80. The zero-order valence-corrected chi connectivity index (χ0v) is 12.3. The van der Waals surface area contributed by atoms with Crippen LogP contribution in [0.2, 0.25) is 0 Å². The zero-order valence-electron chi connectivity index (χ0n) is 11.5. The van der Waals surface area contributed by atoms with Crippen molar-refractivity contribution in [3.8, 4) is 0 Å². The summed E-state index contributed by atoms with van der Waals surface area (Å²) in [6.45, 7) is 6.05. The quantitative estimate of drug-likeness (QED) is 0.746. The van der Waals surface area contributed by atoms with Gasteiger partial charge in [-0.3, -0.25) is 4.79 Å². The summed E-state index contributed by atoms with van der Waals surface area (Å²) in [5.74, 6) is 0.279. The van der Waals surface area contributed by atoms with E-state index in [2.05, 4.69) is 10.6 Å². The summed E-state index contributed by atoms with van der Waals surface area (Å²) in [5, 5.41) is 7.43. The van der Waals surface area contributed by atoms with Crippen molar-refractivity contribution in [3.05, 3.63) is 22.4 Å². The van der Waals surface area contributed by atoms with E-state index in [0.717, 1.165) is 4.88 Å². The van der Waals surface area contributed by atoms with E-state index in [9.17, 15) is 9.59 Å². The fourth-order valence-corrected chi connectivity index (χ4v) is 2.33. The Bertz CT molecular complexity index is 418. The third kappa shape index (κ3) is 5.30. The molecular formula is C13H21N3O2S. The van der Waals surface area contributed by atoms with Crippen molar-refractivity contribution in [1.29, 1.82) is 0 Å². The first-order chi connectivity index (χ1) is 8.90. The summed E-state index contributed by atoms with van der Waals surface area (Å²) in [6, 6.07) is 2.87. The molecule has 0 unspecified atom stereocenters. The van der Waals surface area contributed by atoms with Gasteiger partial charge in [-0.15, -0.1) is 11.3 Å². The van der Waals surface area contributed by atoms with Crippen LogP contribution in [0.15, 0.2) is 17.5 Å². The Morgan fingerprint density at radius 1 is 1.32 bits per heavy atom. The van der Waals surface area contributed by atoms with Crippen molar-refractivity contribution in [1.82, 2.24) is 10.6 Å². The fourth-order valence-electron chi connectivity index (χ4n) is 1.55. The molecule has 19 heavy (non-hydrogen) atoms. The molecule has 0 aliphatic carbocycles. The Kier molecular flexibility index (Phi) is 5.82. The van der Waals surface area contributed by atoms with Gasteiger partial charge in [0.25, 0.3) is 0 Å². The molecular weight excluding hydrogens is 262 g/mol. The summed E-state index contributed by atoms with van der Waals surface area (Å²) >= 11 is 1.49. The van der Waals surface area contributed by atoms with E-state index in [1.165, 1.54) is 11.3 Å². The van der Waals surface area contributed by atoms with Gasteiger partial charge in [-0.05, 0) is 24.3 Å². The number of carbonyl (C=O) groups excluding carboxylic acids is 2. The molecule has 0 bridgehead atoms. The molecule has 0 saturated heterocycles. The predicted octanol–water partition coefficient (Wildman–Crippen LogP) is 2.01. The summed E-state index contributed by atoms with van der Waals surface area (Å²) in [6.07, 6.45) is 0.195. The van der Waals surface area contributed by atoms with Gasteiger partial charge in [0.05, 0.1) is 12.5 Å². The summed E-state index contributed by atoms with van der Waals surface area (Å²) in [4.78, 5) is 23.9. The first-order valence-corrected chi connectivity index (χ1v) is 7.16. The number of amides is 3. The third-order valence-electron chi connectivity index (χ3n) is 2.98. The fraction of sp³-hybridized carbons (Fsp3) is 0.538. The van der Waals surface area contributed by atoms with Crippen molar-refractivity contribution in [3.63, 3.8) is 0 Å². The zero-order chi connectivity index (χ0) is 14.4. The van der Waals surface area contributed by atoms with Crippen LogP contribution in [0.4, 0.5) is 4.79 Å². The molecule has 0 aliphatic heterocycles. The molecule has 0 aromatic carbocycles. The van der Waals surface area contributed by atoms with Crippen LogP contribution in [0.5, 0.6) is 0 Å². The van der Waals surface area contributed by atoms with Gasteiger partial charge in [0.2, 0.25) is 5.91 Å². The lowest BCUT2D eigenvalue weighted by Gasteiger charge is -2.20. The van der Waals surface area contributed by atoms with Crippen LogP contribution in [-0.2, 0) is 4.79 Å². The van der Waals surface area contributed by atoms with Gasteiger partial charge in [0.1, 0.15) is 0 Å². The van der Waals surface area contributed by atoms with Crippen LogP contribution < -0.4 is 16.4 Å². The number of hydrogen-bond donors (Lipinski definition) is 3. The molecule has 0 saturated carbocycles. The molecule has 0 fully saturated rings. The van der Waals surface area contributed by atoms with Crippen LogP contribution in [-0.4, -0.2) is 18.0 Å². The van der Waals surface area contributed by atoms with Crippen LogP contribution in [0.25, 0.3) is 0 Å². The smallest absolute Gasteiger partial charge is 0.312 e. The lowest BCUT2D eigenvalue weighted by atomic mass is 10.1. The van der Waals surface area contributed by atoms with E-state index >= 15 is 0 Å². The van der Waals surface area contributed by atoms with Gasteiger partial charge in [-0.2, -0.15) is 0 Å². The SMILES string of the molecule is CC(C)[C@@H](C)NC(=O)C[C@@H](NC(N)=O)c1cccs1. The maximum Gasteiger partial charge on any atom is 0.312 e. The van der Waals surface area contributed by atoms with Crippen molar-refractivity contribution in [2.24, 2.45) is 11.7 Å². The van der Waals surface area contributed by atoms with Crippen LogP contribution in [0, 0.1) is 5.92 Å². The maximum absolute atomic E-state index is 11.9. The molecule has 1 aromatic rings. The van der Waals surface area contributed by atoms with Crippen LogP contribution >= 0.6 is 11.3 Å². The summed E-state index contributed by atoms with van der Waals surface area (Å²) in [7, 11) is 0. The number of carbonyl (C=O) groups is 2. The van der Waals surface area contributed by atoms with Gasteiger partial charge in [0.15, 0.2) is 0 Å². The van der Waals surface area contributed by atoms with Gasteiger partial charge in [0, 0.05) is 10.9 Å². The Labute approximate surface area is 117 Å². The van der Waals surface area contributed by atoms with Gasteiger partial charge in [-0.1, -0.05) is 19.9 Å². The standard InChI is InChI=1S/C13H21N3O2S/c1-8(2)9(3)15-12(17)7-10(16-13(14)18)11-5-4-6-19-11/h4-6,8-10H,7H2,1-3H3,(H,15,17)(H3,14,16,18)/t9-,10-/m1/s1. The van der Waals surface area contributed by atoms with Crippen molar-refractivity contribution >= 4 is 23.3 Å². The summed E-state index contributed by atoms with van der Waals surface area (Å²) < 4.78 is 0. The number of primary amides is 1. The van der Waals surface area contributed by atoms with E-state index in [1.54, 1.807) is 0 Å². The first kappa shape index (κ1) is 15.5. The number of urea groups is 1. The first-order valence-electron chi connectivity index (χ1n) is 6.29. The molecule has 2 atom stereocenters. The predicted molar refractivity (Wildman–Crippen MR) is 76.8 cm³/mol. The van der Waals surface area contributed by atoms with E-state index in [0.29, 0.717) is 5.92 Å². The molecule has 6 heteroatoms. The Morgan fingerprint density at radius 3 is 2.47 bits per heavy atom. The van der Waals surface area contributed by atoms with Gasteiger partial charge >= 0.3 is 6.03 Å². The minimum atomic E-state index is -0.622. The van der Waals surface area contributed by atoms with E-state index in [4.69, 9.17) is 5.73 Å². The van der Waals surface area contributed by atoms with E-state index in [-0.39, 0.29) is 24.4 Å². The van der Waals surface area contributed by atoms with Crippen molar-refractivity contribution < 1.29 is 9.59 Å². The van der Waals surface area contributed by atoms with E-state index in [1.807, 2.05) is 38.3 Å². The molecule has 5 nitrogen and oxygen atoms in total. The number of rotatable bonds is 6. The number of hydrogen-bond acceptors (Lipinski definition) is 3. The Morgan fingerprint density at radius 2 is 2.00 bits per heavy atom. The minimum absolute atomic E-state index is 0.0895. The second-order valence-electron chi connectivity index (χ2n) is 4.88. The lowest BCUT2D eigenvalue weighted by molar-refractivity contribution is -0.122. The van der Waals surface area contributed by atoms with Crippen LogP contribution in [0.3, 0.4) is 0 Å². The molecule has 1 aromatic heterocycles. The maximum atomic E-state index is 11.9. The van der Waals surface area contributed by atoms with Gasteiger partial charge < -0.3 is 16.4 Å². The minimum Gasteiger partial charge on any atom is -0.353 e. The number of thiophene rings is 1. The molecule has 106 valence electrons. The van der Waals surface area contributed by atoms with Crippen molar-refractivity contribution in [2.45, 2.75) is 39.3 Å². The monoisotopic (exact) mass is 283 g/mol. The Balaban J connectivity index is 2.63. The van der Waals surface area contributed by atoms with E-state index < -0.39 is 6.03 Å². The van der Waals surface area contributed by atoms with Crippen LogP contribution in [0.1, 0.15) is 38.1 Å². The molecule has 1 heterocycles. The topological polar surface area (TPSA) is 84.2 Å². The van der Waals surface area contributed by atoms with Gasteiger partial charge in [-0.25, -0.2) is 4.79 Å². The molecule has 0 spiro atoms. The second kappa shape index (κ2) is 7.13. The third-order valence-corrected chi connectivity index (χ3v) is 3.97. The number of nitrogens with one attached hydrogen (secondary N) is 2. The molecule has 1 rings (SSSR count). The highest BCUT2D eigenvalue weighted by Crippen LogP contribution is 2.22. The highest BCUT2D eigenvalue weighted by molar-refractivity contribution is 7.10. The largest absolute Gasteiger partial charge is 0.353 e. The second-order valence-corrected chi connectivity index (χ2v) is 5.86. The average molecular weight is 283 g/mol. The number of nitrogens with two attached hydrogens (primary N) is 1. The van der Waals surface area contributed by atoms with Crippen molar-refractivity contribution in [2.75, 3.05) is 0 Å². The Hall–Kier alpha value is -1.56. The molecule has 0 radical (unpaired) electrons. The highest BCUT2D eigenvalue weighted by Gasteiger charge is 2.19. The molecule has 4 N–H and O–H groups in total. The normalized spacial score (nSPS) is 13.9. The molecule has 0 aliphatic rings.